The molecule has 0 radical (unpaired) electrons. The molecular weight excluding hydrogens is 498 g/mol. The average molecular weight is 523 g/mol. The number of hydrogen-bond donors (Lipinski definition) is 2. The Morgan fingerprint density at radius 1 is 1.10 bits per heavy atom. The predicted molar refractivity (Wildman–Crippen MR) is 118 cm³/mol. The van der Waals surface area contributed by atoms with Crippen LogP contribution < -0.4 is 20.1 Å². The molecule has 5 nitrogen and oxygen atoms in total. The quantitative estimate of drug-likeness (QED) is 0.292. The van der Waals surface area contributed by atoms with E-state index in [1.54, 1.807) is 44.3 Å². The first-order valence-electron chi connectivity index (χ1n) is 8.92. The molecule has 0 heterocycles. The van der Waals surface area contributed by atoms with Crippen LogP contribution in [0.4, 0.5) is 13.2 Å². The monoisotopic (exact) mass is 523 g/mol. The Labute approximate surface area is 185 Å². The van der Waals surface area contributed by atoms with Crippen molar-refractivity contribution < 1.29 is 22.6 Å². The summed E-state index contributed by atoms with van der Waals surface area (Å²) in [6.07, 6.45) is 0.681. The number of alkyl halides is 2. The van der Waals surface area contributed by atoms with Gasteiger partial charge >= 0.3 is 6.61 Å². The minimum atomic E-state index is -2.95. The molecule has 0 atom stereocenters. The van der Waals surface area contributed by atoms with Crippen molar-refractivity contribution in [1.29, 1.82) is 0 Å². The molecule has 2 aromatic rings. The van der Waals surface area contributed by atoms with E-state index >= 15 is 0 Å². The Hall–Kier alpha value is -2.17. The van der Waals surface area contributed by atoms with Gasteiger partial charge in [0.15, 0.2) is 17.5 Å². The molecule has 2 N–H and O–H groups in total. The van der Waals surface area contributed by atoms with Crippen LogP contribution in [0.1, 0.15) is 18.1 Å². The summed E-state index contributed by atoms with van der Waals surface area (Å²) >= 11 is 0. The Morgan fingerprint density at radius 3 is 2.45 bits per heavy atom. The average Bonchev–Trinajstić information content (AvgIpc) is 2.68. The fraction of sp³-hybridized carbons (Fsp3) is 0.350. The lowest BCUT2D eigenvalue weighted by atomic mass is 10.1. The number of hydrogen-bond acceptors (Lipinski definition) is 3. The van der Waals surface area contributed by atoms with Crippen LogP contribution in [-0.4, -0.2) is 32.8 Å². The number of benzene rings is 2. The third kappa shape index (κ3) is 8.38. The molecule has 2 rings (SSSR count). The number of nitrogens with zero attached hydrogens (tertiary/aromatic N) is 1. The summed E-state index contributed by atoms with van der Waals surface area (Å²) in [6.45, 7) is -0.0507. The second-order valence-corrected chi connectivity index (χ2v) is 5.78. The van der Waals surface area contributed by atoms with Crippen LogP contribution in [-0.2, 0) is 13.0 Å². The van der Waals surface area contributed by atoms with Crippen LogP contribution in [0.2, 0.25) is 0 Å². The number of rotatable bonds is 9. The highest BCUT2D eigenvalue weighted by atomic mass is 127. The molecular formula is C20H25F3IN3O2. The van der Waals surface area contributed by atoms with Crippen LogP contribution in [0.5, 0.6) is 11.5 Å². The van der Waals surface area contributed by atoms with E-state index in [0.29, 0.717) is 31.1 Å². The molecule has 0 saturated heterocycles. The lowest BCUT2D eigenvalue weighted by molar-refractivity contribution is -0.0520. The van der Waals surface area contributed by atoms with E-state index in [4.69, 9.17) is 4.74 Å². The molecule has 160 valence electrons. The number of aliphatic imine (C=N–C) groups is 1. The van der Waals surface area contributed by atoms with Crippen molar-refractivity contribution in [2.75, 3.05) is 20.2 Å². The van der Waals surface area contributed by atoms with Gasteiger partial charge in [-0.2, -0.15) is 8.78 Å². The van der Waals surface area contributed by atoms with Crippen LogP contribution in [0, 0.1) is 5.82 Å². The first kappa shape index (κ1) is 24.9. The SMILES string of the molecule is CCOc1cccc(CNC(=NC)NCCc2ccc(F)cc2)c1OC(F)F.I. The fourth-order valence-electron chi connectivity index (χ4n) is 2.57. The Morgan fingerprint density at radius 2 is 1.83 bits per heavy atom. The van der Waals surface area contributed by atoms with Crippen molar-refractivity contribution >= 4 is 29.9 Å². The minimum Gasteiger partial charge on any atom is -0.490 e. The lowest BCUT2D eigenvalue weighted by Crippen LogP contribution is -2.38. The fourth-order valence-corrected chi connectivity index (χ4v) is 2.57. The zero-order valence-electron chi connectivity index (χ0n) is 16.3. The van der Waals surface area contributed by atoms with E-state index in [1.165, 1.54) is 12.1 Å². The molecule has 0 spiro atoms. The van der Waals surface area contributed by atoms with Crippen LogP contribution in [0.15, 0.2) is 47.5 Å². The van der Waals surface area contributed by atoms with E-state index in [1.807, 2.05) is 0 Å². The largest absolute Gasteiger partial charge is 0.490 e. The normalized spacial score (nSPS) is 11.0. The number of guanidine groups is 1. The molecule has 2 aromatic carbocycles. The summed E-state index contributed by atoms with van der Waals surface area (Å²) in [7, 11) is 1.61. The molecule has 29 heavy (non-hydrogen) atoms. The van der Waals surface area contributed by atoms with Gasteiger partial charge in [0.05, 0.1) is 6.61 Å². The van der Waals surface area contributed by atoms with Crippen molar-refractivity contribution in [3.8, 4) is 11.5 Å². The van der Waals surface area contributed by atoms with Crippen molar-refractivity contribution in [3.63, 3.8) is 0 Å². The van der Waals surface area contributed by atoms with Crippen molar-refractivity contribution in [3.05, 3.63) is 59.4 Å². The van der Waals surface area contributed by atoms with Gasteiger partial charge in [-0.3, -0.25) is 4.99 Å². The van der Waals surface area contributed by atoms with Crippen LogP contribution >= 0.6 is 24.0 Å². The zero-order chi connectivity index (χ0) is 20.4. The number of ether oxygens (including phenoxy) is 2. The zero-order valence-corrected chi connectivity index (χ0v) is 18.6. The predicted octanol–water partition coefficient (Wildman–Crippen LogP) is 4.35. The summed E-state index contributed by atoms with van der Waals surface area (Å²) in [5, 5.41) is 6.19. The Bertz CT molecular complexity index is 774. The van der Waals surface area contributed by atoms with Gasteiger partial charge in [-0.1, -0.05) is 24.3 Å². The van der Waals surface area contributed by atoms with Crippen molar-refractivity contribution in [2.24, 2.45) is 4.99 Å². The van der Waals surface area contributed by atoms with E-state index < -0.39 is 6.61 Å². The van der Waals surface area contributed by atoms with E-state index in [-0.39, 0.29) is 47.8 Å². The molecule has 0 amide bonds. The third-order valence-electron chi connectivity index (χ3n) is 3.86. The van der Waals surface area contributed by atoms with Gasteiger partial charge in [0.25, 0.3) is 0 Å². The summed E-state index contributed by atoms with van der Waals surface area (Å²) in [6, 6.07) is 11.3. The first-order chi connectivity index (χ1) is 13.5. The highest BCUT2D eigenvalue weighted by Crippen LogP contribution is 2.32. The molecule has 0 aromatic heterocycles. The van der Waals surface area contributed by atoms with Gasteiger partial charge in [-0.15, -0.1) is 24.0 Å². The highest BCUT2D eigenvalue weighted by Gasteiger charge is 2.16. The van der Waals surface area contributed by atoms with E-state index in [9.17, 15) is 13.2 Å². The van der Waals surface area contributed by atoms with Crippen molar-refractivity contribution in [1.82, 2.24) is 10.6 Å². The molecule has 0 unspecified atom stereocenters. The first-order valence-corrected chi connectivity index (χ1v) is 8.92. The van der Waals surface area contributed by atoms with Crippen molar-refractivity contribution in [2.45, 2.75) is 26.5 Å². The number of para-hydroxylation sites is 1. The van der Waals surface area contributed by atoms with E-state index in [2.05, 4.69) is 20.4 Å². The number of nitrogens with one attached hydrogen (secondary N) is 2. The molecule has 0 aliphatic heterocycles. The maximum absolute atomic E-state index is 12.9. The minimum absolute atomic E-state index is 0. The van der Waals surface area contributed by atoms with Gasteiger partial charge in [-0.05, 0) is 37.1 Å². The van der Waals surface area contributed by atoms with Gasteiger partial charge in [0.1, 0.15) is 5.82 Å². The smallest absolute Gasteiger partial charge is 0.387 e. The number of halogens is 4. The Balaban J connectivity index is 0.00000420. The highest BCUT2D eigenvalue weighted by molar-refractivity contribution is 14.0. The summed E-state index contributed by atoms with van der Waals surface area (Å²) in [5.74, 6) is 0.507. The summed E-state index contributed by atoms with van der Waals surface area (Å²) in [5.41, 5.74) is 1.51. The molecule has 0 bridgehead atoms. The Kier molecular flexibility index (Phi) is 11.3. The van der Waals surface area contributed by atoms with Gasteiger partial charge in [-0.25, -0.2) is 4.39 Å². The second kappa shape index (κ2) is 13.1. The molecule has 0 aliphatic rings. The van der Waals surface area contributed by atoms with Crippen LogP contribution in [0.3, 0.4) is 0 Å². The standard InChI is InChI=1S/C20H24F3N3O2.HI/c1-3-27-17-6-4-5-15(18(17)28-19(22)23)13-26-20(24-2)25-12-11-14-7-9-16(21)10-8-14;/h4-10,19H,3,11-13H2,1-2H3,(H2,24,25,26);1H. The molecule has 0 aliphatic carbocycles. The van der Waals surface area contributed by atoms with Crippen LogP contribution in [0.25, 0.3) is 0 Å². The maximum Gasteiger partial charge on any atom is 0.387 e. The molecule has 0 fully saturated rings. The topological polar surface area (TPSA) is 54.9 Å². The lowest BCUT2D eigenvalue weighted by Gasteiger charge is -2.17. The second-order valence-electron chi connectivity index (χ2n) is 5.78. The third-order valence-corrected chi connectivity index (χ3v) is 3.86. The van der Waals surface area contributed by atoms with Gasteiger partial charge in [0.2, 0.25) is 0 Å². The molecule has 0 saturated carbocycles. The summed E-state index contributed by atoms with van der Waals surface area (Å²) < 4.78 is 48.5. The van der Waals surface area contributed by atoms with Gasteiger partial charge < -0.3 is 20.1 Å². The summed E-state index contributed by atoms with van der Waals surface area (Å²) in [4.78, 5) is 4.11. The van der Waals surface area contributed by atoms with E-state index in [0.717, 1.165) is 5.56 Å². The maximum atomic E-state index is 12.9. The van der Waals surface area contributed by atoms with Gasteiger partial charge in [0, 0.05) is 25.7 Å². The molecule has 9 heteroatoms.